The van der Waals surface area contributed by atoms with Crippen molar-refractivity contribution in [1.82, 2.24) is 4.90 Å². The summed E-state index contributed by atoms with van der Waals surface area (Å²) in [6.07, 6.45) is 7.63. The molecule has 2 nitrogen and oxygen atoms in total. The minimum absolute atomic E-state index is 0.130. The monoisotopic (exact) mass is 193 g/mol. The van der Waals surface area contributed by atoms with Crippen molar-refractivity contribution in [2.75, 3.05) is 6.54 Å². The zero-order valence-electron chi connectivity index (χ0n) is 8.96. The normalized spacial score (nSPS) is 36.6. The smallest absolute Gasteiger partial charge is 0.246 e. The molecule has 0 unspecified atom stereocenters. The molecule has 0 aromatic carbocycles. The van der Waals surface area contributed by atoms with Crippen LogP contribution in [-0.2, 0) is 4.79 Å². The van der Waals surface area contributed by atoms with Crippen LogP contribution in [0.2, 0.25) is 0 Å². The van der Waals surface area contributed by atoms with Gasteiger partial charge in [-0.05, 0) is 44.1 Å². The molecule has 2 heteroatoms. The molecule has 0 aromatic heterocycles. The van der Waals surface area contributed by atoms with E-state index < -0.39 is 0 Å². The van der Waals surface area contributed by atoms with Gasteiger partial charge in [-0.15, -0.1) is 0 Å². The lowest BCUT2D eigenvalue weighted by atomic mass is 9.70. The average Bonchev–Trinajstić information content (AvgIpc) is 2.17. The van der Waals surface area contributed by atoms with Gasteiger partial charge in [0.25, 0.3) is 0 Å². The number of likely N-dealkylation sites (tertiary alicyclic amines) is 1. The maximum atomic E-state index is 11.6. The highest BCUT2D eigenvalue weighted by Gasteiger charge is 2.47. The van der Waals surface area contributed by atoms with E-state index in [2.05, 4.69) is 13.5 Å². The summed E-state index contributed by atoms with van der Waals surface area (Å²) in [6, 6.07) is 0. The Morgan fingerprint density at radius 2 is 2.07 bits per heavy atom. The van der Waals surface area contributed by atoms with Gasteiger partial charge in [0.15, 0.2) is 0 Å². The minimum Gasteiger partial charge on any atom is -0.333 e. The summed E-state index contributed by atoms with van der Waals surface area (Å²) in [5, 5.41) is 0. The summed E-state index contributed by atoms with van der Waals surface area (Å²) in [5.41, 5.74) is 0.234. The van der Waals surface area contributed by atoms with Crippen LogP contribution in [0.4, 0.5) is 0 Å². The van der Waals surface area contributed by atoms with Gasteiger partial charge >= 0.3 is 0 Å². The molecular formula is C12H19NO. The summed E-state index contributed by atoms with van der Waals surface area (Å²) in [5.74, 6) is 0.979. The molecule has 1 aliphatic heterocycles. The predicted molar refractivity (Wildman–Crippen MR) is 56.9 cm³/mol. The molecule has 0 N–H and O–H groups in total. The quantitative estimate of drug-likeness (QED) is 0.585. The summed E-state index contributed by atoms with van der Waals surface area (Å²) in [6.45, 7) is 6.82. The van der Waals surface area contributed by atoms with E-state index in [1.54, 1.807) is 0 Å². The van der Waals surface area contributed by atoms with Crippen molar-refractivity contribution < 1.29 is 4.79 Å². The second-order valence-corrected chi connectivity index (χ2v) is 4.85. The van der Waals surface area contributed by atoms with Crippen LogP contribution in [0.5, 0.6) is 0 Å². The lowest BCUT2D eigenvalue weighted by Crippen LogP contribution is -2.62. The first kappa shape index (κ1) is 9.75. The Balaban J connectivity index is 2.03. The molecule has 1 amide bonds. The van der Waals surface area contributed by atoms with Gasteiger partial charge in [-0.2, -0.15) is 0 Å². The Labute approximate surface area is 86.0 Å². The number of hydrogen-bond acceptors (Lipinski definition) is 1. The fraction of sp³-hybridized carbons (Fsp3) is 0.750. The van der Waals surface area contributed by atoms with Gasteiger partial charge < -0.3 is 4.90 Å². The zero-order chi connectivity index (χ0) is 10.2. The van der Waals surface area contributed by atoms with Crippen molar-refractivity contribution in [1.29, 1.82) is 0 Å². The number of carbonyl (C=O) groups excluding carboxylic acids is 1. The maximum Gasteiger partial charge on any atom is 0.246 e. The standard InChI is InChI=1S/C12H19NO/c1-3-11(14)13-9-8-12(13)6-4-10(2)5-7-12/h3,10H,1,4-9H2,2H3. The van der Waals surface area contributed by atoms with E-state index in [9.17, 15) is 4.79 Å². The Morgan fingerprint density at radius 3 is 2.50 bits per heavy atom. The van der Waals surface area contributed by atoms with Crippen LogP contribution in [-0.4, -0.2) is 22.9 Å². The van der Waals surface area contributed by atoms with Crippen molar-refractivity contribution in [3.05, 3.63) is 12.7 Å². The average molecular weight is 193 g/mol. The Kier molecular flexibility index (Phi) is 2.38. The second-order valence-electron chi connectivity index (χ2n) is 4.85. The topological polar surface area (TPSA) is 20.3 Å². The van der Waals surface area contributed by atoms with Crippen LogP contribution >= 0.6 is 0 Å². The SMILES string of the molecule is C=CC(=O)N1CCC12CCC(C)CC2. The number of nitrogens with zero attached hydrogens (tertiary/aromatic N) is 1. The highest BCUT2D eigenvalue weighted by molar-refractivity contribution is 5.88. The van der Waals surface area contributed by atoms with Crippen molar-refractivity contribution in [2.45, 2.75) is 44.6 Å². The van der Waals surface area contributed by atoms with Crippen molar-refractivity contribution in [3.8, 4) is 0 Å². The van der Waals surface area contributed by atoms with Crippen molar-refractivity contribution >= 4 is 5.91 Å². The number of carbonyl (C=O) groups is 1. The third kappa shape index (κ3) is 1.37. The molecule has 0 bridgehead atoms. The molecule has 1 spiro atoms. The molecule has 2 fully saturated rings. The molecule has 0 atom stereocenters. The highest BCUT2D eigenvalue weighted by atomic mass is 16.2. The van der Waals surface area contributed by atoms with Gasteiger partial charge in [0.05, 0.1) is 0 Å². The number of hydrogen-bond donors (Lipinski definition) is 0. The van der Waals surface area contributed by atoms with Crippen LogP contribution < -0.4 is 0 Å². The number of rotatable bonds is 1. The molecule has 78 valence electrons. The van der Waals surface area contributed by atoms with E-state index in [1.807, 2.05) is 4.90 Å². The molecule has 2 rings (SSSR count). The third-order valence-corrected chi connectivity index (χ3v) is 4.02. The fourth-order valence-corrected chi connectivity index (χ4v) is 2.81. The molecule has 0 radical (unpaired) electrons. The van der Waals surface area contributed by atoms with Crippen LogP contribution in [0.3, 0.4) is 0 Å². The number of amides is 1. The zero-order valence-corrected chi connectivity index (χ0v) is 8.96. The minimum atomic E-state index is 0.130. The van der Waals surface area contributed by atoms with Crippen molar-refractivity contribution in [2.24, 2.45) is 5.92 Å². The van der Waals surface area contributed by atoms with Crippen molar-refractivity contribution in [3.63, 3.8) is 0 Å². The van der Waals surface area contributed by atoms with Crippen LogP contribution in [0, 0.1) is 5.92 Å². The summed E-state index contributed by atoms with van der Waals surface area (Å²) >= 11 is 0. The van der Waals surface area contributed by atoms with Gasteiger partial charge in [0.2, 0.25) is 5.91 Å². The first-order valence-electron chi connectivity index (χ1n) is 5.62. The summed E-state index contributed by atoms with van der Waals surface area (Å²) in [4.78, 5) is 13.6. The third-order valence-electron chi connectivity index (χ3n) is 4.02. The first-order valence-corrected chi connectivity index (χ1v) is 5.62. The van der Waals surface area contributed by atoms with Gasteiger partial charge in [0.1, 0.15) is 0 Å². The summed E-state index contributed by atoms with van der Waals surface area (Å²) < 4.78 is 0. The molecular weight excluding hydrogens is 174 g/mol. The van der Waals surface area contributed by atoms with Gasteiger partial charge in [-0.25, -0.2) is 0 Å². The molecule has 1 saturated heterocycles. The molecule has 0 aromatic rings. The van der Waals surface area contributed by atoms with E-state index in [4.69, 9.17) is 0 Å². The fourth-order valence-electron chi connectivity index (χ4n) is 2.81. The first-order chi connectivity index (χ1) is 6.68. The van der Waals surface area contributed by atoms with Crippen LogP contribution in [0.25, 0.3) is 0 Å². The lowest BCUT2D eigenvalue weighted by molar-refractivity contribution is -0.145. The molecule has 14 heavy (non-hydrogen) atoms. The van der Waals surface area contributed by atoms with E-state index in [0.717, 1.165) is 12.5 Å². The Bertz CT molecular complexity index is 251. The van der Waals surface area contributed by atoms with E-state index in [-0.39, 0.29) is 11.4 Å². The predicted octanol–water partition coefficient (Wildman–Crippen LogP) is 2.35. The maximum absolute atomic E-state index is 11.6. The second kappa shape index (κ2) is 3.41. The largest absolute Gasteiger partial charge is 0.333 e. The van der Waals surface area contributed by atoms with Gasteiger partial charge in [0, 0.05) is 12.1 Å². The summed E-state index contributed by atoms with van der Waals surface area (Å²) in [7, 11) is 0. The molecule has 1 aliphatic carbocycles. The molecule has 1 heterocycles. The van der Waals surface area contributed by atoms with Gasteiger partial charge in [-0.3, -0.25) is 4.79 Å². The van der Waals surface area contributed by atoms with E-state index in [1.165, 1.54) is 38.2 Å². The molecule has 1 saturated carbocycles. The Morgan fingerprint density at radius 1 is 1.43 bits per heavy atom. The van der Waals surface area contributed by atoms with E-state index >= 15 is 0 Å². The highest BCUT2D eigenvalue weighted by Crippen LogP contribution is 2.44. The lowest BCUT2D eigenvalue weighted by Gasteiger charge is -2.55. The molecule has 2 aliphatic rings. The van der Waals surface area contributed by atoms with Crippen LogP contribution in [0.1, 0.15) is 39.0 Å². The van der Waals surface area contributed by atoms with E-state index in [0.29, 0.717) is 0 Å². The Hall–Kier alpha value is -0.790. The van der Waals surface area contributed by atoms with Gasteiger partial charge in [-0.1, -0.05) is 13.5 Å². The van der Waals surface area contributed by atoms with Crippen LogP contribution in [0.15, 0.2) is 12.7 Å².